The molecule has 1 saturated heterocycles. The molecule has 6 heteroatoms. The van der Waals surface area contributed by atoms with Gasteiger partial charge in [0.1, 0.15) is 5.75 Å². The Balaban J connectivity index is 2.06. The van der Waals surface area contributed by atoms with Gasteiger partial charge < -0.3 is 19.9 Å². The Kier molecular flexibility index (Phi) is 7.02. The lowest BCUT2D eigenvalue weighted by Crippen LogP contribution is -2.52. The first-order valence-corrected chi connectivity index (χ1v) is 9.75. The van der Waals surface area contributed by atoms with E-state index in [4.69, 9.17) is 4.74 Å². The SMILES string of the molecule is CN=C(NCC(c1cccc(OC)c1)N(C)C)N1CCSC(C)(C)C1. The fourth-order valence-electron chi connectivity index (χ4n) is 3.16. The number of ether oxygens (including phenoxy) is 1. The van der Waals surface area contributed by atoms with Gasteiger partial charge in [0.2, 0.25) is 0 Å². The van der Waals surface area contributed by atoms with Crippen molar-refractivity contribution in [2.45, 2.75) is 24.6 Å². The number of aliphatic imine (C=N–C) groups is 1. The molecule has 0 aliphatic carbocycles. The van der Waals surface area contributed by atoms with Crippen molar-refractivity contribution in [3.63, 3.8) is 0 Å². The van der Waals surface area contributed by atoms with Gasteiger partial charge in [-0.05, 0) is 45.6 Å². The summed E-state index contributed by atoms with van der Waals surface area (Å²) in [7, 11) is 7.79. The molecule has 140 valence electrons. The Morgan fingerprint density at radius 1 is 1.44 bits per heavy atom. The smallest absolute Gasteiger partial charge is 0.193 e. The Hall–Kier alpha value is -1.40. The number of likely N-dealkylation sites (N-methyl/N-ethyl adjacent to an activating group) is 1. The molecule has 5 nitrogen and oxygen atoms in total. The molecule has 1 fully saturated rings. The molecule has 1 aliphatic heterocycles. The first kappa shape index (κ1) is 19.9. The van der Waals surface area contributed by atoms with Gasteiger partial charge in [0.15, 0.2) is 5.96 Å². The maximum Gasteiger partial charge on any atom is 0.193 e. The summed E-state index contributed by atoms with van der Waals surface area (Å²) >= 11 is 2.04. The molecule has 0 bridgehead atoms. The Morgan fingerprint density at radius 2 is 2.20 bits per heavy atom. The van der Waals surface area contributed by atoms with E-state index in [1.807, 2.05) is 30.9 Å². The number of hydrogen-bond acceptors (Lipinski definition) is 4. The molecular formula is C19H32N4OS. The van der Waals surface area contributed by atoms with E-state index in [-0.39, 0.29) is 10.8 Å². The van der Waals surface area contributed by atoms with Crippen LogP contribution in [0.5, 0.6) is 5.75 Å². The maximum absolute atomic E-state index is 5.38. The molecule has 0 aromatic heterocycles. The maximum atomic E-state index is 5.38. The van der Waals surface area contributed by atoms with E-state index in [1.165, 1.54) is 5.56 Å². The molecule has 0 spiro atoms. The van der Waals surface area contributed by atoms with Crippen LogP contribution in [0.4, 0.5) is 0 Å². The molecule has 0 saturated carbocycles. The Labute approximate surface area is 156 Å². The van der Waals surface area contributed by atoms with E-state index in [1.54, 1.807) is 7.11 Å². The van der Waals surface area contributed by atoms with E-state index in [9.17, 15) is 0 Å². The van der Waals surface area contributed by atoms with Crippen LogP contribution in [0.25, 0.3) is 0 Å². The second kappa shape index (κ2) is 8.81. The summed E-state index contributed by atoms with van der Waals surface area (Å²) in [4.78, 5) is 9.11. The Morgan fingerprint density at radius 3 is 2.80 bits per heavy atom. The topological polar surface area (TPSA) is 40.1 Å². The van der Waals surface area contributed by atoms with Crippen molar-refractivity contribution in [2.24, 2.45) is 4.99 Å². The van der Waals surface area contributed by atoms with E-state index in [0.717, 1.165) is 37.1 Å². The van der Waals surface area contributed by atoms with Crippen molar-refractivity contribution in [3.8, 4) is 5.75 Å². The van der Waals surface area contributed by atoms with Crippen LogP contribution in [0.15, 0.2) is 29.3 Å². The average molecular weight is 365 g/mol. The lowest BCUT2D eigenvalue weighted by molar-refractivity contribution is 0.291. The number of rotatable bonds is 5. The number of guanidine groups is 1. The van der Waals surface area contributed by atoms with Crippen LogP contribution in [0.3, 0.4) is 0 Å². The number of hydrogen-bond donors (Lipinski definition) is 1. The van der Waals surface area contributed by atoms with Crippen LogP contribution in [-0.2, 0) is 0 Å². The number of nitrogens with zero attached hydrogens (tertiary/aromatic N) is 3. The monoisotopic (exact) mass is 364 g/mol. The van der Waals surface area contributed by atoms with Crippen molar-refractivity contribution in [2.75, 3.05) is 53.6 Å². The largest absolute Gasteiger partial charge is 0.497 e. The standard InChI is InChI=1S/C19H32N4OS/c1-19(2)14-23(10-11-25-19)18(20-3)21-13-17(22(4)5)15-8-7-9-16(12-15)24-6/h7-9,12,17H,10-11,13-14H2,1-6H3,(H,20,21). The van der Waals surface area contributed by atoms with Crippen molar-refractivity contribution in [3.05, 3.63) is 29.8 Å². The summed E-state index contributed by atoms with van der Waals surface area (Å²) in [5.41, 5.74) is 1.24. The molecule has 1 aliphatic rings. The van der Waals surface area contributed by atoms with Crippen LogP contribution in [0.1, 0.15) is 25.5 Å². The number of benzene rings is 1. The molecule has 1 N–H and O–H groups in total. The second-order valence-corrected chi connectivity index (χ2v) is 9.02. The highest BCUT2D eigenvalue weighted by Crippen LogP contribution is 2.29. The van der Waals surface area contributed by atoms with Gasteiger partial charge in [-0.2, -0.15) is 11.8 Å². The lowest BCUT2D eigenvalue weighted by Gasteiger charge is -2.39. The van der Waals surface area contributed by atoms with E-state index in [2.05, 4.69) is 60.2 Å². The summed E-state index contributed by atoms with van der Waals surface area (Å²) in [6, 6.07) is 8.53. The van der Waals surface area contributed by atoms with E-state index in [0.29, 0.717) is 0 Å². The fraction of sp³-hybridized carbons (Fsp3) is 0.632. The average Bonchev–Trinajstić information content (AvgIpc) is 2.57. The van der Waals surface area contributed by atoms with Gasteiger partial charge in [-0.15, -0.1) is 0 Å². The number of methoxy groups -OCH3 is 1. The third-order valence-electron chi connectivity index (χ3n) is 4.49. The van der Waals surface area contributed by atoms with E-state index < -0.39 is 0 Å². The third-order valence-corrected chi connectivity index (χ3v) is 5.79. The zero-order valence-corrected chi connectivity index (χ0v) is 17.2. The van der Waals surface area contributed by atoms with Gasteiger partial charge in [0.05, 0.1) is 13.2 Å². The molecule has 2 rings (SSSR count). The summed E-state index contributed by atoms with van der Waals surface area (Å²) in [5.74, 6) is 3.02. The van der Waals surface area contributed by atoms with Gasteiger partial charge >= 0.3 is 0 Å². The van der Waals surface area contributed by atoms with Gasteiger partial charge in [0.25, 0.3) is 0 Å². The summed E-state index contributed by atoms with van der Waals surface area (Å²) in [6.07, 6.45) is 0. The van der Waals surface area contributed by atoms with Crippen molar-refractivity contribution in [1.29, 1.82) is 0 Å². The highest BCUT2D eigenvalue weighted by molar-refractivity contribution is 8.00. The number of nitrogens with one attached hydrogen (secondary N) is 1. The molecule has 0 amide bonds. The minimum absolute atomic E-state index is 0.249. The fourth-order valence-corrected chi connectivity index (χ4v) is 4.28. The predicted molar refractivity (Wildman–Crippen MR) is 109 cm³/mol. The quantitative estimate of drug-likeness (QED) is 0.643. The summed E-state index contributed by atoms with van der Waals surface area (Å²) in [6.45, 7) is 7.46. The zero-order valence-electron chi connectivity index (χ0n) is 16.4. The van der Waals surface area contributed by atoms with Gasteiger partial charge in [-0.3, -0.25) is 4.99 Å². The first-order valence-electron chi connectivity index (χ1n) is 8.76. The zero-order chi connectivity index (χ0) is 18.4. The Bertz CT molecular complexity index is 589. The van der Waals surface area contributed by atoms with Crippen molar-refractivity contribution >= 4 is 17.7 Å². The van der Waals surface area contributed by atoms with Crippen LogP contribution in [0, 0.1) is 0 Å². The summed E-state index contributed by atoms with van der Waals surface area (Å²) < 4.78 is 5.64. The predicted octanol–water partition coefficient (Wildman–Crippen LogP) is 2.70. The third kappa shape index (κ3) is 5.54. The van der Waals surface area contributed by atoms with Crippen LogP contribution in [-0.4, -0.2) is 74.1 Å². The minimum atomic E-state index is 0.249. The minimum Gasteiger partial charge on any atom is -0.497 e. The lowest BCUT2D eigenvalue weighted by atomic mass is 10.1. The number of thioether (sulfide) groups is 1. The molecule has 1 unspecified atom stereocenters. The molecule has 1 heterocycles. The highest BCUT2D eigenvalue weighted by atomic mass is 32.2. The van der Waals surface area contributed by atoms with Crippen molar-refractivity contribution < 1.29 is 4.74 Å². The van der Waals surface area contributed by atoms with Crippen LogP contribution < -0.4 is 10.1 Å². The normalized spacial score (nSPS) is 19.0. The van der Waals surface area contributed by atoms with Crippen LogP contribution >= 0.6 is 11.8 Å². The first-order chi connectivity index (χ1) is 11.9. The van der Waals surface area contributed by atoms with Gasteiger partial charge in [-0.25, -0.2) is 0 Å². The van der Waals surface area contributed by atoms with Crippen LogP contribution in [0.2, 0.25) is 0 Å². The highest BCUT2D eigenvalue weighted by Gasteiger charge is 2.29. The molecule has 1 aromatic carbocycles. The summed E-state index contributed by atoms with van der Waals surface area (Å²) in [5, 5.41) is 3.58. The molecule has 1 atom stereocenters. The molecular weight excluding hydrogens is 332 g/mol. The van der Waals surface area contributed by atoms with E-state index >= 15 is 0 Å². The van der Waals surface area contributed by atoms with Gasteiger partial charge in [-0.1, -0.05) is 12.1 Å². The molecule has 25 heavy (non-hydrogen) atoms. The second-order valence-electron chi connectivity index (χ2n) is 7.21. The molecule has 1 aromatic rings. The van der Waals surface area contributed by atoms with Crippen molar-refractivity contribution in [1.82, 2.24) is 15.1 Å². The molecule has 0 radical (unpaired) electrons. The van der Waals surface area contributed by atoms with Gasteiger partial charge in [0, 0.05) is 37.2 Å².